The maximum Gasteiger partial charge on any atom is 0.228 e. The molecule has 0 saturated carbocycles. The van der Waals surface area contributed by atoms with E-state index in [4.69, 9.17) is 4.98 Å². The summed E-state index contributed by atoms with van der Waals surface area (Å²) in [5.74, 6) is 0.657. The first kappa shape index (κ1) is 18.2. The number of aryl methyl sites for hydroxylation is 1. The van der Waals surface area contributed by atoms with Gasteiger partial charge in [0.15, 0.2) is 0 Å². The summed E-state index contributed by atoms with van der Waals surface area (Å²) >= 11 is 0. The van der Waals surface area contributed by atoms with Gasteiger partial charge in [0.25, 0.3) is 0 Å². The van der Waals surface area contributed by atoms with E-state index in [1.54, 1.807) is 11.8 Å². The number of imidazole rings is 1. The highest BCUT2D eigenvalue weighted by Crippen LogP contribution is 2.31. The number of anilines is 1. The summed E-state index contributed by atoms with van der Waals surface area (Å²) in [6.07, 6.45) is 3.29. The van der Waals surface area contributed by atoms with Crippen LogP contribution in [0, 0.1) is 12.8 Å². The molecule has 6 nitrogen and oxygen atoms in total. The van der Waals surface area contributed by atoms with Crippen LogP contribution in [-0.2, 0) is 9.59 Å². The van der Waals surface area contributed by atoms with Gasteiger partial charge < -0.3 is 10.2 Å². The second-order valence-electron chi connectivity index (χ2n) is 7.33. The molecule has 6 heteroatoms. The molecule has 1 saturated heterocycles. The van der Waals surface area contributed by atoms with Gasteiger partial charge in [0.2, 0.25) is 11.8 Å². The fourth-order valence-electron chi connectivity index (χ4n) is 3.80. The van der Waals surface area contributed by atoms with Crippen molar-refractivity contribution in [3.63, 3.8) is 0 Å². The molecule has 4 rings (SSSR count). The fraction of sp³-hybridized carbons (Fsp3) is 0.318. The molecule has 2 aromatic heterocycles. The first-order valence-corrected chi connectivity index (χ1v) is 9.64. The van der Waals surface area contributed by atoms with E-state index < -0.39 is 0 Å². The van der Waals surface area contributed by atoms with E-state index in [-0.39, 0.29) is 17.7 Å². The topological polar surface area (TPSA) is 66.7 Å². The molecular weight excluding hydrogens is 352 g/mol. The molecule has 0 bridgehead atoms. The molecule has 0 spiro atoms. The summed E-state index contributed by atoms with van der Waals surface area (Å²) in [4.78, 5) is 31.1. The lowest BCUT2D eigenvalue weighted by Crippen LogP contribution is -2.40. The number of rotatable bonds is 3. The predicted octanol–water partition coefficient (Wildman–Crippen LogP) is 3.51. The number of pyridine rings is 1. The van der Waals surface area contributed by atoms with Crippen molar-refractivity contribution in [2.45, 2.75) is 26.7 Å². The minimum Gasteiger partial charge on any atom is -0.343 e. The highest BCUT2D eigenvalue weighted by Gasteiger charge is 2.27. The molecule has 1 aliphatic heterocycles. The number of aromatic nitrogens is 2. The first-order chi connectivity index (χ1) is 13.5. The number of nitrogens with one attached hydrogen (secondary N) is 1. The summed E-state index contributed by atoms with van der Waals surface area (Å²) in [6.45, 7) is 4.85. The van der Waals surface area contributed by atoms with Crippen molar-refractivity contribution in [1.82, 2.24) is 14.3 Å². The molecule has 1 fully saturated rings. The van der Waals surface area contributed by atoms with E-state index in [0.29, 0.717) is 31.7 Å². The predicted molar refractivity (Wildman–Crippen MR) is 109 cm³/mol. The van der Waals surface area contributed by atoms with Crippen molar-refractivity contribution in [1.29, 1.82) is 0 Å². The largest absolute Gasteiger partial charge is 0.343 e. The van der Waals surface area contributed by atoms with Crippen LogP contribution in [0.25, 0.3) is 16.9 Å². The Balaban J connectivity index is 1.65. The van der Waals surface area contributed by atoms with E-state index in [2.05, 4.69) is 5.32 Å². The summed E-state index contributed by atoms with van der Waals surface area (Å²) in [5.41, 5.74) is 3.62. The van der Waals surface area contributed by atoms with Crippen LogP contribution in [0.15, 0.2) is 48.7 Å². The molecule has 3 aromatic rings. The van der Waals surface area contributed by atoms with E-state index in [0.717, 1.165) is 22.5 Å². The van der Waals surface area contributed by atoms with E-state index in [9.17, 15) is 9.59 Å². The normalized spacial score (nSPS) is 15.0. The van der Waals surface area contributed by atoms with Crippen molar-refractivity contribution in [3.8, 4) is 11.3 Å². The Kier molecular flexibility index (Phi) is 4.86. The molecule has 1 aromatic carbocycles. The highest BCUT2D eigenvalue weighted by molar-refractivity contribution is 5.96. The molecule has 0 aliphatic carbocycles. The smallest absolute Gasteiger partial charge is 0.228 e. The lowest BCUT2D eigenvalue weighted by atomic mass is 9.96. The van der Waals surface area contributed by atoms with Crippen LogP contribution in [0.4, 0.5) is 5.82 Å². The number of hydrogen-bond acceptors (Lipinski definition) is 3. The van der Waals surface area contributed by atoms with Crippen LogP contribution < -0.4 is 5.32 Å². The minimum absolute atomic E-state index is 0.0105. The second kappa shape index (κ2) is 7.46. The van der Waals surface area contributed by atoms with Crippen LogP contribution in [0.2, 0.25) is 0 Å². The molecule has 3 heterocycles. The van der Waals surface area contributed by atoms with Crippen LogP contribution in [-0.4, -0.2) is 39.2 Å². The average Bonchev–Trinajstić information content (AvgIpc) is 3.08. The first-order valence-electron chi connectivity index (χ1n) is 9.64. The quantitative estimate of drug-likeness (QED) is 0.761. The van der Waals surface area contributed by atoms with Crippen LogP contribution in [0.5, 0.6) is 0 Å². The van der Waals surface area contributed by atoms with E-state index in [1.807, 2.05) is 60.0 Å². The van der Waals surface area contributed by atoms with Crippen molar-refractivity contribution >= 4 is 23.3 Å². The van der Waals surface area contributed by atoms with E-state index in [1.165, 1.54) is 0 Å². The Morgan fingerprint density at radius 1 is 1.07 bits per heavy atom. The van der Waals surface area contributed by atoms with Gasteiger partial charge >= 0.3 is 0 Å². The number of carbonyl (C=O) groups excluding carboxylic acids is 2. The van der Waals surface area contributed by atoms with Gasteiger partial charge in [-0.1, -0.05) is 36.4 Å². The molecule has 0 atom stereocenters. The van der Waals surface area contributed by atoms with Gasteiger partial charge in [-0.15, -0.1) is 0 Å². The number of hydrogen-bond donors (Lipinski definition) is 1. The third-order valence-corrected chi connectivity index (χ3v) is 5.45. The highest BCUT2D eigenvalue weighted by atomic mass is 16.2. The van der Waals surface area contributed by atoms with Gasteiger partial charge in [-0.05, 0) is 31.4 Å². The standard InChI is InChI=1S/C22H24N4O2/c1-15-7-6-12-26-20(15)23-19(17-8-4-3-5-9-17)21(26)24-22(28)18-10-13-25(14-11-18)16(2)27/h3-9,12,18H,10-11,13-14H2,1-2H3,(H,24,28). The minimum atomic E-state index is -0.102. The van der Waals surface area contributed by atoms with Gasteiger partial charge in [-0.2, -0.15) is 0 Å². The lowest BCUT2D eigenvalue weighted by Gasteiger charge is -2.30. The monoisotopic (exact) mass is 376 g/mol. The summed E-state index contributed by atoms with van der Waals surface area (Å²) in [7, 11) is 0. The molecule has 28 heavy (non-hydrogen) atoms. The molecular formula is C22H24N4O2. The Bertz CT molecular complexity index is 1020. The zero-order chi connectivity index (χ0) is 19.7. The number of piperidine rings is 1. The SMILES string of the molecule is CC(=O)N1CCC(C(=O)Nc2c(-c3ccccc3)nc3c(C)cccn23)CC1. The number of likely N-dealkylation sites (tertiary alicyclic amines) is 1. The third-order valence-electron chi connectivity index (χ3n) is 5.45. The Morgan fingerprint density at radius 3 is 2.46 bits per heavy atom. The van der Waals surface area contributed by atoms with Gasteiger partial charge in [0.1, 0.15) is 17.2 Å². The number of nitrogens with zero attached hydrogens (tertiary/aromatic N) is 3. The van der Waals surface area contributed by atoms with Gasteiger partial charge in [-0.3, -0.25) is 14.0 Å². The molecule has 1 N–H and O–H groups in total. The van der Waals surface area contributed by atoms with Gasteiger partial charge in [0, 0.05) is 37.7 Å². The zero-order valence-corrected chi connectivity index (χ0v) is 16.2. The van der Waals surface area contributed by atoms with Crippen molar-refractivity contribution in [3.05, 3.63) is 54.2 Å². The van der Waals surface area contributed by atoms with Crippen molar-refractivity contribution in [2.75, 3.05) is 18.4 Å². The molecule has 0 radical (unpaired) electrons. The number of fused-ring (bicyclic) bond motifs is 1. The fourth-order valence-corrected chi connectivity index (χ4v) is 3.80. The molecule has 0 unspecified atom stereocenters. The van der Waals surface area contributed by atoms with Crippen LogP contribution in [0.1, 0.15) is 25.3 Å². The maximum atomic E-state index is 13.0. The zero-order valence-electron chi connectivity index (χ0n) is 16.2. The Morgan fingerprint density at radius 2 is 1.79 bits per heavy atom. The molecule has 1 aliphatic rings. The Hall–Kier alpha value is -3.15. The summed E-state index contributed by atoms with van der Waals surface area (Å²) < 4.78 is 1.94. The third kappa shape index (κ3) is 3.38. The Labute approximate surface area is 164 Å². The van der Waals surface area contributed by atoms with Gasteiger partial charge in [0.05, 0.1) is 0 Å². The summed E-state index contributed by atoms with van der Waals surface area (Å²) in [5, 5.41) is 3.13. The van der Waals surface area contributed by atoms with Crippen molar-refractivity contribution in [2.24, 2.45) is 5.92 Å². The summed E-state index contributed by atoms with van der Waals surface area (Å²) in [6, 6.07) is 13.9. The number of amides is 2. The lowest BCUT2D eigenvalue weighted by molar-refractivity contribution is -0.132. The number of carbonyl (C=O) groups is 2. The van der Waals surface area contributed by atoms with Gasteiger partial charge in [-0.25, -0.2) is 4.98 Å². The second-order valence-corrected chi connectivity index (χ2v) is 7.33. The van der Waals surface area contributed by atoms with E-state index >= 15 is 0 Å². The average molecular weight is 376 g/mol. The molecule has 144 valence electrons. The van der Waals surface area contributed by atoms with Crippen molar-refractivity contribution < 1.29 is 9.59 Å². The van der Waals surface area contributed by atoms with Crippen LogP contribution >= 0.6 is 0 Å². The number of benzene rings is 1. The maximum absolute atomic E-state index is 13.0. The van der Waals surface area contributed by atoms with Crippen LogP contribution in [0.3, 0.4) is 0 Å². The molecule has 2 amide bonds.